The van der Waals surface area contributed by atoms with Crippen LogP contribution in [0, 0.1) is 23.7 Å². The number of benzene rings is 1. The summed E-state index contributed by atoms with van der Waals surface area (Å²) in [6, 6.07) is 9.11. The Balaban J connectivity index is 1.17. The highest BCUT2D eigenvalue weighted by Gasteiger charge is 2.21. The van der Waals surface area contributed by atoms with E-state index in [0.29, 0.717) is 0 Å². The van der Waals surface area contributed by atoms with Crippen molar-refractivity contribution in [1.82, 2.24) is 0 Å². The van der Waals surface area contributed by atoms with E-state index in [1.165, 1.54) is 114 Å². The van der Waals surface area contributed by atoms with Crippen LogP contribution in [0.2, 0.25) is 0 Å². The van der Waals surface area contributed by atoms with Crippen molar-refractivity contribution in [3.05, 3.63) is 48.0 Å². The van der Waals surface area contributed by atoms with Gasteiger partial charge in [0.15, 0.2) is 0 Å². The van der Waals surface area contributed by atoms with Gasteiger partial charge in [-0.05, 0) is 79.7 Å². The van der Waals surface area contributed by atoms with Gasteiger partial charge in [-0.25, -0.2) is 0 Å². The molecule has 1 heteroatoms. The van der Waals surface area contributed by atoms with Gasteiger partial charge in [0, 0.05) is 6.61 Å². The highest BCUT2D eigenvalue weighted by atomic mass is 16.5. The summed E-state index contributed by atoms with van der Waals surface area (Å²) in [5, 5.41) is 0. The van der Waals surface area contributed by atoms with Gasteiger partial charge in [0.1, 0.15) is 0 Å². The van der Waals surface area contributed by atoms with E-state index in [1.807, 2.05) is 0 Å². The first-order valence-electron chi connectivity index (χ1n) is 14.5. The number of aryl methyl sites for hydroxylation is 1. The minimum absolute atomic E-state index is 0.758. The molecule has 0 atom stereocenters. The first-order valence-corrected chi connectivity index (χ1v) is 14.5. The summed E-state index contributed by atoms with van der Waals surface area (Å²) in [6.45, 7) is 7.76. The maximum atomic E-state index is 5.64. The zero-order chi connectivity index (χ0) is 23.1. The Hall–Kier alpha value is -1.08. The number of hydrogen-bond donors (Lipinski definition) is 0. The molecule has 1 aromatic carbocycles. The monoisotopic (exact) mass is 452 g/mol. The van der Waals surface area contributed by atoms with Crippen LogP contribution in [0.25, 0.3) is 0 Å². The lowest BCUT2D eigenvalue weighted by Crippen LogP contribution is -2.15. The van der Waals surface area contributed by atoms with Crippen LogP contribution >= 0.6 is 0 Å². The molecule has 3 rings (SSSR count). The lowest BCUT2D eigenvalue weighted by atomic mass is 9.77. The van der Waals surface area contributed by atoms with Gasteiger partial charge in [-0.1, -0.05) is 101 Å². The molecule has 0 radical (unpaired) electrons. The van der Waals surface area contributed by atoms with E-state index in [1.54, 1.807) is 0 Å². The van der Waals surface area contributed by atoms with Crippen LogP contribution in [0.3, 0.4) is 0 Å². The SMILES string of the molecule is C=CC1CCC(CCCCC2CCC(CCCCc3ccc(COCCC)cc3)CC2)CC1. The number of allylic oxidation sites excluding steroid dienone is 1. The molecule has 2 saturated carbocycles. The molecule has 0 bridgehead atoms. The summed E-state index contributed by atoms with van der Waals surface area (Å²) < 4.78 is 5.64. The molecule has 2 aliphatic rings. The Morgan fingerprint density at radius 2 is 1.21 bits per heavy atom. The van der Waals surface area contributed by atoms with Gasteiger partial charge in [-0.15, -0.1) is 6.58 Å². The maximum absolute atomic E-state index is 5.64. The van der Waals surface area contributed by atoms with Crippen molar-refractivity contribution in [2.75, 3.05) is 6.61 Å². The molecule has 0 amide bonds. The Kier molecular flexibility index (Phi) is 12.7. The molecule has 0 saturated heterocycles. The van der Waals surface area contributed by atoms with Crippen molar-refractivity contribution < 1.29 is 4.74 Å². The third-order valence-electron chi connectivity index (χ3n) is 8.63. The standard InChI is InChI=1S/C32H52O/c1-3-25-33-26-32-23-21-31(22-24-32)12-8-7-11-30-19-17-29(18-20-30)10-6-5-9-28-15-13-27(4-2)14-16-28/h4,21-24,27-30H,2-3,5-20,25-26H2,1H3. The Bertz CT molecular complexity index is 616. The van der Waals surface area contributed by atoms with Gasteiger partial charge in [0.2, 0.25) is 0 Å². The fourth-order valence-electron chi connectivity index (χ4n) is 6.29. The van der Waals surface area contributed by atoms with E-state index in [4.69, 9.17) is 4.74 Å². The minimum atomic E-state index is 0.758. The highest BCUT2D eigenvalue weighted by molar-refractivity contribution is 5.22. The number of ether oxygens (including phenoxy) is 1. The second kappa shape index (κ2) is 15.8. The molecule has 33 heavy (non-hydrogen) atoms. The second-order valence-corrected chi connectivity index (χ2v) is 11.3. The fourth-order valence-corrected chi connectivity index (χ4v) is 6.29. The summed E-state index contributed by atoms with van der Waals surface area (Å²) in [7, 11) is 0. The number of hydrogen-bond acceptors (Lipinski definition) is 1. The molecule has 0 heterocycles. The third kappa shape index (κ3) is 10.4. The molecule has 0 aromatic heterocycles. The summed E-state index contributed by atoms with van der Waals surface area (Å²) in [4.78, 5) is 0. The van der Waals surface area contributed by atoms with E-state index in [0.717, 1.165) is 43.3 Å². The zero-order valence-corrected chi connectivity index (χ0v) is 21.7. The summed E-state index contributed by atoms with van der Waals surface area (Å²) >= 11 is 0. The van der Waals surface area contributed by atoms with Crippen LogP contribution in [-0.4, -0.2) is 6.61 Å². The largest absolute Gasteiger partial charge is 0.377 e. The lowest BCUT2D eigenvalue weighted by molar-refractivity contribution is 0.121. The van der Waals surface area contributed by atoms with Gasteiger partial charge in [0.25, 0.3) is 0 Å². The van der Waals surface area contributed by atoms with Gasteiger partial charge in [-0.3, -0.25) is 0 Å². The molecule has 0 N–H and O–H groups in total. The molecular weight excluding hydrogens is 400 g/mol. The van der Waals surface area contributed by atoms with E-state index < -0.39 is 0 Å². The normalized spacial score (nSPS) is 25.7. The predicted molar refractivity (Wildman–Crippen MR) is 144 cm³/mol. The van der Waals surface area contributed by atoms with Gasteiger partial charge < -0.3 is 4.74 Å². The van der Waals surface area contributed by atoms with Crippen molar-refractivity contribution in [3.8, 4) is 0 Å². The molecule has 0 unspecified atom stereocenters. The van der Waals surface area contributed by atoms with Gasteiger partial charge in [-0.2, -0.15) is 0 Å². The third-order valence-corrected chi connectivity index (χ3v) is 8.63. The van der Waals surface area contributed by atoms with Crippen molar-refractivity contribution in [2.24, 2.45) is 23.7 Å². The Labute approximate surface area is 205 Å². The molecule has 2 aliphatic carbocycles. The van der Waals surface area contributed by atoms with Gasteiger partial charge >= 0.3 is 0 Å². The molecule has 1 nitrogen and oxygen atoms in total. The van der Waals surface area contributed by atoms with Crippen LogP contribution in [0.15, 0.2) is 36.9 Å². The van der Waals surface area contributed by atoms with Crippen molar-refractivity contribution in [3.63, 3.8) is 0 Å². The van der Waals surface area contributed by atoms with Crippen molar-refractivity contribution in [1.29, 1.82) is 0 Å². The molecular formula is C32H52O. The molecule has 1 aromatic rings. The molecule has 2 fully saturated rings. The molecule has 0 aliphatic heterocycles. The van der Waals surface area contributed by atoms with Gasteiger partial charge in [0.05, 0.1) is 6.61 Å². The van der Waals surface area contributed by atoms with E-state index in [9.17, 15) is 0 Å². The number of unbranched alkanes of at least 4 members (excludes halogenated alkanes) is 2. The van der Waals surface area contributed by atoms with E-state index in [-0.39, 0.29) is 0 Å². The summed E-state index contributed by atoms with van der Waals surface area (Å²) in [5.74, 6) is 3.89. The van der Waals surface area contributed by atoms with E-state index >= 15 is 0 Å². The zero-order valence-electron chi connectivity index (χ0n) is 21.7. The number of rotatable bonds is 15. The van der Waals surface area contributed by atoms with Crippen molar-refractivity contribution >= 4 is 0 Å². The molecule has 0 spiro atoms. The molecule has 186 valence electrons. The van der Waals surface area contributed by atoms with Crippen molar-refractivity contribution in [2.45, 2.75) is 123 Å². The van der Waals surface area contributed by atoms with Crippen LogP contribution < -0.4 is 0 Å². The second-order valence-electron chi connectivity index (χ2n) is 11.3. The Morgan fingerprint density at radius 1 is 0.727 bits per heavy atom. The summed E-state index contributed by atoms with van der Waals surface area (Å²) in [6.07, 6.45) is 26.5. The highest BCUT2D eigenvalue weighted by Crippen LogP contribution is 2.36. The average Bonchev–Trinajstić information content (AvgIpc) is 2.87. The lowest BCUT2D eigenvalue weighted by Gasteiger charge is -2.29. The first-order chi connectivity index (χ1) is 16.3. The van der Waals surface area contributed by atoms with Crippen LogP contribution in [-0.2, 0) is 17.8 Å². The first kappa shape index (κ1) is 26.5. The van der Waals surface area contributed by atoms with E-state index in [2.05, 4.69) is 43.8 Å². The predicted octanol–water partition coefficient (Wildman–Crippen LogP) is 9.69. The smallest absolute Gasteiger partial charge is 0.0716 e. The summed E-state index contributed by atoms with van der Waals surface area (Å²) in [5.41, 5.74) is 2.80. The average molecular weight is 453 g/mol. The fraction of sp³-hybridized carbons (Fsp3) is 0.750. The van der Waals surface area contributed by atoms with Crippen LogP contribution in [0.4, 0.5) is 0 Å². The minimum Gasteiger partial charge on any atom is -0.377 e. The topological polar surface area (TPSA) is 9.23 Å². The quantitative estimate of drug-likeness (QED) is 0.190. The van der Waals surface area contributed by atoms with Crippen LogP contribution in [0.5, 0.6) is 0 Å². The Morgan fingerprint density at radius 3 is 1.73 bits per heavy atom. The van der Waals surface area contributed by atoms with Crippen LogP contribution in [0.1, 0.15) is 121 Å². The maximum Gasteiger partial charge on any atom is 0.0716 e.